The van der Waals surface area contributed by atoms with Gasteiger partial charge in [-0.25, -0.2) is 9.29 Å². The summed E-state index contributed by atoms with van der Waals surface area (Å²) in [5.74, 6) is -0.992. The molecule has 7 heteroatoms. The maximum absolute atomic E-state index is 13.4. The predicted molar refractivity (Wildman–Crippen MR) is 119 cm³/mol. The molecule has 1 aliphatic heterocycles. The van der Waals surface area contributed by atoms with Crippen molar-refractivity contribution in [1.29, 1.82) is 0 Å². The van der Waals surface area contributed by atoms with Crippen LogP contribution in [0.5, 0.6) is 5.75 Å². The number of hydrogen-bond donors (Lipinski definition) is 1. The average molecular weight is 437 g/mol. The van der Waals surface area contributed by atoms with E-state index in [2.05, 4.69) is 5.32 Å². The van der Waals surface area contributed by atoms with Crippen LogP contribution in [0, 0.1) is 12.7 Å². The number of carbonyl (C=O) groups excluding carboxylic acids is 2. The van der Waals surface area contributed by atoms with Crippen molar-refractivity contribution in [2.45, 2.75) is 6.92 Å². The van der Waals surface area contributed by atoms with Crippen molar-refractivity contribution >= 4 is 40.4 Å². The molecule has 0 radical (unpaired) electrons. The number of benzene rings is 3. The molecule has 0 fully saturated rings. The van der Waals surface area contributed by atoms with Gasteiger partial charge >= 0.3 is 0 Å². The summed E-state index contributed by atoms with van der Waals surface area (Å²) in [6.45, 7) is 1.93. The number of methoxy groups -OCH3 is 1. The van der Waals surface area contributed by atoms with Crippen LogP contribution in [0.2, 0.25) is 5.02 Å². The van der Waals surface area contributed by atoms with Crippen molar-refractivity contribution in [2.24, 2.45) is 0 Å². The van der Waals surface area contributed by atoms with E-state index in [-0.39, 0.29) is 16.3 Å². The number of aryl methyl sites for hydroxylation is 1. The van der Waals surface area contributed by atoms with Gasteiger partial charge in [0.2, 0.25) is 0 Å². The number of anilines is 2. The fourth-order valence-corrected chi connectivity index (χ4v) is 3.59. The molecule has 0 spiro atoms. The Balaban J connectivity index is 1.80. The van der Waals surface area contributed by atoms with Gasteiger partial charge in [0.15, 0.2) is 0 Å². The lowest BCUT2D eigenvalue weighted by Crippen LogP contribution is -2.32. The van der Waals surface area contributed by atoms with Crippen LogP contribution in [0.1, 0.15) is 11.1 Å². The molecule has 1 aliphatic rings. The highest BCUT2D eigenvalue weighted by atomic mass is 35.5. The Morgan fingerprint density at radius 2 is 1.61 bits per heavy atom. The molecule has 0 aliphatic carbocycles. The first-order valence-electron chi connectivity index (χ1n) is 9.45. The molecule has 156 valence electrons. The molecule has 1 N–H and O–H groups in total. The van der Waals surface area contributed by atoms with Gasteiger partial charge in [-0.3, -0.25) is 9.59 Å². The fraction of sp³-hybridized carbons (Fsp3) is 0.0833. The monoisotopic (exact) mass is 436 g/mol. The second-order valence-electron chi connectivity index (χ2n) is 7.01. The van der Waals surface area contributed by atoms with E-state index in [1.165, 1.54) is 37.4 Å². The largest absolute Gasteiger partial charge is 0.495 e. The Kier molecular flexibility index (Phi) is 5.48. The highest BCUT2D eigenvalue weighted by Gasteiger charge is 2.40. The Hall–Kier alpha value is -3.64. The van der Waals surface area contributed by atoms with Crippen LogP contribution in [0.3, 0.4) is 0 Å². The number of nitrogens with zero attached hydrogens (tertiary/aromatic N) is 1. The number of nitrogens with one attached hydrogen (secondary N) is 1. The van der Waals surface area contributed by atoms with E-state index >= 15 is 0 Å². The lowest BCUT2D eigenvalue weighted by Gasteiger charge is -2.16. The Labute approximate surface area is 183 Å². The quantitative estimate of drug-likeness (QED) is 0.559. The first-order chi connectivity index (χ1) is 14.9. The van der Waals surface area contributed by atoms with Gasteiger partial charge in [-0.1, -0.05) is 41.4 Å². The molecule has 3 aromatic carbocycles. The molecule has 31 heavy (non-hydrogen) atoms. The molecule has 5 nitrogen and oxygen atoms in total. The van der Waals surface area contributed by atoms with Gasteiger partial charge in [-0.2, -0.15) is 0 Å². The highest BCUT2D eigenvalue weighted by molar-refractivity contribution is 6.46. The van der Waals surface area contributed by atoms with Crippen LogP contribution in [-0.2, 0) is 9.59 Å². The van der Waals surface area contributed by atoms with E-state index < -0.39 is 17.6 Å². The smallest absolute Gasteiger partial charge is 0.282 e. The van der Waals surface area contributed by atoms with E-state index in [0.29, 0.717) is 22.7 Å². The summed E-state index contributed by atoms with van der Waals surface area (Å²) in [7, 11) is 1.48. The fourth-order valence-electron chi connectivity index (χ4n) is 3.34. The summed E-state index contributed by atoms with van der Waals surface area (Å²) in [6.07, 6.45) is 0. The number of amides is 2. The lowest BCUT2D eigenvalue weighted by atomic mass is 10.0. The van der Waals surface area contributed by atoms with Gasteiger partial charge in [0.1, 0.15) is 17.3 Å². The second-order valence-corrected chi connectivity index (χ2v) is 7.42. The third-order valence-corrected chi connectivity index (χ3v) is 5.23. The lowest BCUT2D eigenvalue weighted by molar-refractivity contribution is -0.120. The molecule has 0 bridgehead atoms. The molecule has 0 aromatic heterocycles. The summed E-state index contributed by atoms with van der Waals surface area (Å²) in [5.41, 5.74) is 2.75. The van der Waals surface area contributed by atoms with Crippen LogP contribution in [0.4, 0.5) is 15.8 Å². The molecule has 1 heterocycles. The minimum absolute atomic E-state index is 0.104. The molecule has 4 rings (SSSR count). The van der Waals surface area contributed by atoms with Gasteiger partial charge in [-0.05, 0) is 55.0 Å². The molecule has 3 aromatic rings. The second kappa shape index (κ2) is 8.24. The number of hydrogen-bond acceptors (Lipinski definition) is 4. The Morgan fingerprint density at radius 3 is 2.23 bits per heavy atom. The maximum atomic E-state index is 13.4. The summed E-state index contributed by atoms with van der Waals surface area (Å²) < 4.78 is 18.5. The zero-order valence-corrected chi connectivity index (χ0v) is 17.5. The number of rotatable bonds is 5. The van der Waals surface area contributed by atoms with Crippen molar-refractivity contribution in [1.82, 2.24) is 0 Å². The first kappa shape index (κ1) is 20.6. The Bertz CT molecular complexity index is 1200. The first-order valence-corrected chi connectivity index (χ1v) is 9.83. The topological polar surface area (TPSA) is 58.6 Å². The highest BCUT2D eigenvalue weighted by Crippen LogP contribution is 2.36. The number of ether oxygens (including phenoxy) is 1. The van der Waals surface area contributed by atoms with Crippen molar-refractivity contribution in [2.75, 3.05) is 17.3 Å². The summed E-state index contributed by atoms with van der Waals surface area (Å²) in [4.78, 5) is 27.8. The van der Waals surface area contributed by atoms with Crippen molar-refractivity contribution in [3.05, 3.63) is 94.4 Å². The molecule has 2 amide bonds. The molecular formula is C24H18ClFN2O3. The summed E-state index contributed by atoms with van der Waals surface area (Å²) in [6, 6.07) is 17.5. The zero-order chi connectivity index (χ0) is 22.1. The minimum Gasteiger partial charge on any atom is -0.495 e. The minimum atomic E-state index is -0.536. The number of imide groups is 1. The van der Waals surface area contributed by atoms with Gasteiger partial charge in [0, 0.05) is 5.69 Å². The van der Waals surface area contributed by atoms with Crippen LogP contribution < -0.4 is 15.0 Å². The van der Waals surface area contributed by atoms with Crippen LogP contribution in [-0.4, -0.2) is 18.9 Å². The predicted octanol–water partition coefficient (Wildman–Crippen LogP) is 5.19. The van der Waals surface area contributed by atoms with Crippen LogP contribution in [0.25, 0.3) is 5.57 Å². The van der Waals surface area contributed by atoms with Crippen molar-refractivity contribution in [3.63, 3.8) is 0 Å². The maximum Gasteiger partial charge on any atom is 0.282 e. The van der Waals surface area contributed by atoms with Gasteiger partial charge < -0.3 is 10.1 Å². The number of carbonyl (C=O) groups is 2. The van der Waals surface area contributed by atoms with Gasteiger partial charge in [0.25, 0.3) is 11.8 Å². The molecule has 0 atom stereocenters. The van der Waals surface area contributed by atoms with Crippen LogP contribution >= 0.6 is 11.6 Å². The zero-order valence-electron chi connectivity index (χ0n) is 16.8. The van der Waals surface area contributed by atoms with E-state index in [1.807, 2.05) is 19.1 Å². The molecule has 0 unspecified atom stereocenters. The van der Waals surface area contributed by atoms with Gasteiger partial charge in [-0.15, -0.1) is 0 Å². The number of halogens is 2. The summed E-state index contributed by atoms with van der Waals surface area (Å²) in [5, 5.41) is 3.27. The average Bonchev–Trinajstić information content (AvgIpc) is 3.00. The van der Waals surface area contributed by atoms with Crippen LogP contribution in [0.15, 0.2) is 72.4 Å². The normalized spacial score (nSPS) is 13.7. The Morgan fingerprint density at radius 1 is 0.935 bits per heavy atom. The van der Waals surface area contributed by atoms with E-state index in [9.17, 15) is 14.0 Å². The molecule has 0 saturated heterocycles. The van der Waals surface area contributed by atoms with E-state index in [0.717, 1.165) is 10.5 Å². The SMILES string of the molecule is COc1ccc(N2C(=O)C(Nc3ccc(F)cc3)=C(c3ccc(C)cc3)C2=O)cc1Cl. The van der Waals surface area contributed by atoms with E-state index in [1.54, 1.807) is 24.3 Å². The van der Waals surface area contributed by atoms with Gasteiger partial charge in [0.05, 0.1) is 23.4 Å². The third-order valence-electron chi connectivity index (χ3n) is 4.93. The summed E-state index contributed by atoms with van der Waals surface area (Å²) >= 11 is 6.22. The molecule has 0 saturated carbocycles. The standard InChI is InChI=1S/C24H18ClFN2O3/c1-14-3-5-15(6-4-14)21-22(27-17-9-7-16(26)8-10-17)24(30)28(23(21)29)18-11-12-20(31-2)19(25)13-18/h3-13,27H,1-2H3. The van der Waals surface area contributed by atoms with Crippen molar-refractivity contribution < 1.29 is 18.7 Å². The third kappa shape index (κ3) is 3.90. The van der Waals surface area contributed by atoms with Crippen molar-refractivity contribution in [3.8, 4) is 5.75 Å². The van der Waals surface area contributed by atoms with E-state index in [4.69, 9.17) is 16.3 Å². The molecular weight excluding hydrogens is 419 g/mol.